The lowest BCUT2D eigenvalue weighted by molar-refractivity contribution is -0.126. The van der Waals surface area contributed by atoms with Crippen molar-refractivity contribution >= 4 is 23.6 Å². The predicted molar refractivity (Wildman–Crippen MR) is 48.0 cm³/mol. The maximum Gasteiger partial charge on any atom is 0.250 e. The highest BCUT2D eigenvalue weighted by atomic mass is 32.2. The molecule has 0 unspecified atom stereocenters. The van der Waals surface area contributed by atoms with Crippen molar-refractivity contribution in [3.63, 3.8) is 0 Å². The average Bonchev–Trinajstić information content (AvgIpc) is 2.26. The van der Waals surface area contributed by atoms with Crippen molar-refractivity contribution in [2.24, 2.45) is 5.73 Å². The zero-order valence-electron chi connectivity index (χ0n) is 7.20. The zero-order chi connectivity index (χ0) is 10.7. The van der Waals surface area contributed by atoms with Crippen LogP contribution in [-0.4, -0.2) is 35.3 Å². The summed E-state index contributed by atoms with van der Waals surface area (Å²) in [5, 5.41) is 1.25. The molecule has 2 amide bonds. The van der Waals surface area contributed by atoms with Gasteiger partial charge in [0.2, 0.25) is 11.8 Å². The molecule has 1 aliphatic heterocycles. The Bertz CT molecular complexity index is 250. The number of amides is 2. The van der Waals surface area contributed by atoms with Crippen LogP contribution in [0, 0.1) is 0 Å². The quantitative estimate of drug-likeness (QED) is 0.678. The summed E-state index contributed by atoms with van der Waals surface area (Å²) in [6.07, 6.45) is -2.83. The number of rotatable bonds is 2. The van der Waals surface area contributed by atoms with Gasteiger partial charge in [-0.15, -0.1) is 11.8 Å². The van der Waals surface area contributed by atoms with Crippen molar-refractivity contribution in [2.75, 3.05) is 5.75 Å². The molecule has 0 aromatic heterocycles. The van der Waals surface area contributed by atoms with E-state index in [1.54, 1.807) is 0 Å². The van der Waals surface area contributed by atoms with E-state index in [0.29, 0.717) is 0 Å². The number of alkyl halides is 2. The van der Waals surface area contributed by atoms with Crippen LogP contribution in [-0.2, 0) is 9.59 Å². The van der Waals surface area contributed by atoms with E-state index < -0.39 is 29.5 Å². The first-order chi connectivity index (χ1) is 6.50. The minimum atomic E-state index is -2.56. The van der Waals surface area contributed by atoms with E-state index in [2.05, 4.69) is 5.32 Å². The van der Waals surface area contributed by atoms with Gasteiger partial charge in [-0.3, -0.25) is 9.59 Å². The minimum absolute atomic E-state index is 0.107. The molecule has 1 rings (SSSR count). The van der Waals surface area contributed by atoms with Gasteiger partial charge in [0.05, 0.1) is 5.25 Å². The Hall–Kier alpha value is -0.850. The highest BCUT2D eigenvalue weighted by Gasteiger charge is 2.31. The Morgan fingerprint density at radius 1 is 1.64 bits per heavy atom. The Kier molecular flexibility index (Phi) is 3.68. The molecule has 2 atom stereocenters. The first-order valence-corrected chi connectivity index (χ1v) is 5.04. The monoisotopic (exact) mass is 224 g/mol. The van der Waals surface area contributed by atoms with Crippen LogP contribution in [0.2, 0.25) is 0 Å². The zero-order valence-corrected chi connectivity index (χ0v) is 8.02. The fraction of sp³-hybridized carbons (Fsp3) is 0.714. The van der Waals surface area contributed by atoms with Gasteiger partial charge in [0.15, 0.2) is 0 Å². The molecule has 0 saturated carbocycles. The third-order valence-electron chi connectivity index (χ3n) is 1.82. The number of halogens is 2. The lowest BCUT2D eigenvalue weighted by Crippen LogP contribution is -2.44. The maximum absolute atomic E-state index is 12.3. The molecule has 1 fully saturated rings. The van der Waals surface area contributed by atoms with Crippen LogP contribution in [0.25, 0.3) is 0 Å². The summed E-state index contributed by atoms with van der Waals surface area (Å²) < 4.78 is 24.6. The predicted octanol–water partition coefficient (Wildman–Crippen LogP) is -0.273. The fourth-order valence-corrected chi connectivity index (χ4v) is 2.17. The molecule has 0 bridgehead atoms. The Morgan fingerprint density at radius 3 is 2.79 bits per heavy atom. The SMILES string of the molecule is NC(=O)[C@H]1CS[C@H](C(F)F)CC(=O)N1. The minimum Gasteiger partial charge on any atom is -0.368 e. The van der Waals surface area contributed by atoms with Crippen LogP contribution < -0.4 is 11.1 Å². The second-order valence-corrected chi connectivity index (χ2v) is 4.20. The van der Waals surface area contributed by atoms with Gasteiger partial charge in [0, 0.05) is 12.2 Å². The summed E-state index contributed by atoms with van der Waals surface area (Å²) in [5.74, 6) is -1.14. The lowest BCUT2D eigenvalue weighted by atomic mass is 10.2. The molecule has 7 heteroatoms. The Labute approximate surface area is 83.6 Å². The van der Waals surface area contributed by atoms with Gasteiger partial charge >= 0.3 is 0 Å². The van der Waals surface area contributed by atoms with Crippen LogP contribution in [0.4, 0.5) is 8.78 Å². The molecular weight excluding hydrogens is 214 g/mol. The van der Waals surface area contributed by atoms with Crippen molar-refractivity contribution in [2.45, 2.75) is 24.1 Å². The van der Waals surface area contributed by atoms with E-state index in [4.69, 9.17) is 5.73 Å². The number of carbonyl (C=O) groups excluding carboxylic acids is 2. The van der Waals surface area contributed by atoms with Crippen LogP contribution >= 0.6 is 11.8 Å². The van der Waals surface area contributed by atoms with Gasteiger partial charge in [0.25, 0.3) is 6.43 Å². The standard InChI is InChI=1S/C7H10F2N2O2S/c8-6(9)4-1-5(12)11-3(2-14-4)7(10)13/h3-4,6H,1-2H2,(H2,10,13)(H,11,12)/t3-,4+/m1/s1. The normalized spacial score (nSPS) is 28.4. The average molecular weight is 224 g/mol. The molecule has 0 aliphatic carbocycles. The molecular formula is C7H10F2N2O2S. The smallest absolute Gasteiger partial charge is 0.250 e. The van der Waals surface area contributed by atoms with Crippen LogP contribution in [0.3, 0.4) is 0 Å². The van der Waals surface area contributed by atoms with Crippen molar-refractivity contribution in [3.05, 3.63) is 0 Å². The number of nitrogens with one attached hydrogen (secondary N) is 1. The summed E-state index contributed by atoms with van der Waals surface area (Å²) >= 11 is 0.898. The van der Waals surface area contributed by atoms with E-state index in [1.807, 2.05) is 0 Å². The first-order valence-electron chi connectivity index (χ1n) is 3.99. The molecule has 0 aromatic carbocycles. The van der Waals surface area contributed by atoms with E-state index in [9.17, 15) is 18.4 Å². The highest BCUT2D eigenvalue weighted by Crippen LogP contribution is 2.24. The van der Waals surface area contributed by atoms with Crippen LogP contribution in [0.1, 0.15) is 6.42 Å². The second-order valence-electron chi connectivity index (χ2n) is 2.93. The van der Waals surface area contributed by atoms with Gasteiger partial charge in [-0.05, 0) is 0 Å². The largest absolute Gasteiger partial charge is 0.368 e. The van der Waals surface area contributed by atoms with Gasteiger partial charge in [-0.1, -0.05) is 0 Å². The Morgan fingerprint density at radius 2 is 2.29 bits per heavy atom. The van der Waals surface area contributed by atoms with E-state index in [1.165, 1.54) is 0 Å². The van der Waals surface area contributed by atoms with Crippen molar-refractivity contribution in [3.8, 4) is 0 Å². The molecule has 1 saturated heterocycles. The van der Waals surface area contributed by atoms with E-state index in [-0.39, 0.29) is 12.2 Å². The second kappa shape index (κ2) is 4.59. The number of nitrogens with two attached hydrogens (primary N) is 1. The van der Waals surface area contributed by atoms with Crippen LogP contribution in [0.5, 0.6) is 0 Å². The van der Waals surface area contributed by atoms with Gasteiger partial charge in [-0.2, -0.15) is 0 Å². The molecule has 1 aliphatic rings. The Balaban J connectivity index is 2.62. The van der Waals surface area contributed by atoms with Crippen molar-refractivity contribution in [1.29, 1.82) is 0 Å². The maximum atomic E-state index is 12.3. The van der Waals surface area contributed by atoms with E-state index in [0.717, 1.165) is 11.8 Å². The third-order valence-corrected chi connectivity index (χ3v) is 3.15. The molecule has 1 heterocycles. The first kappa shape index (κ1) is 11.2. The summed E-state index contributed by atoms with van der Waals surface area (Å²) in [7, 11) is 0. The topological polar surface area (TPSA) is 72.2 Å². The molecule has 0 aromatic rings. The molecule has 80 valence electrons. The molecule has 14 heavy (non-hydrogen) atoms. The fourth-order valence-electron chi connectivity index (χ4n) is 1.07. The summed E-state index contributed by atoms with van der Waals surface area (Å²) in [4.78, 5) is 21.8. The highest BCUT2D eigenvalue weighted by molar-refractivity contribution is 8.00. The van der Waals surface area contributed by atoms with Gasteiger partial charge in [-0.25, -0.2) is 8.78 Å². The summed E-state index contributed by atoms with van der Waals surface area (Å²) in [5.41, 5.74) is 4.97. The van der Waals surface area contributed by atoms with Crippen molar-refractivity contribution < 1.29 is 18.4 Å². The number of carbonyl (C=O) groups is 2. The molecule has 4 nitrogen and oxygen atoms in total. The molecule has 3 N–H and O–H groups in total. The third kappa shape index (κ3) is 2.83. The summed E-state index contributed by atoms with van der Waals surface area (Å²) in [6, 6.07) is -0.837. The van der Waals surface area contributed by atoms with Crippen molar-refractivity contribution in [1.82, 2.24) is 5.32 Å². The van der Waals surface area contributed by atoms with Crippen LogP contribution in [0.15, 0.2) is 0 Å². The molecule has 0 spiro atoms. The number of thioether (sulfide) groups is 1. The number of hydrogen-bond acceptors (Lipinski definition) is 3. The lowest BCUT2D eigenvalue weighted by Gasteiger charge is -2.10. The van der Waals surface area contributed by atoms with Gasteiger partial charge in [0.1, 0.15) is 6.04 Å². The van der Waals surface area contributed by atoms with E-state index >= 15 is 0 Å². The number of primary amides is 1. The molecule has 0 radical (unpaired) electrons. The van der Waals surface area contributed by atoms with Gasteiger partial charge < -0.3 is 11.1 Å². The number of hydrogen-bond donors (Lipinski definition) is 2. The summed E-state index contributed by atoms with van der Waals surface area (Å²) in [6.45, 7) is 0.